The molecule has 0 aliphatic carbocycles. The van der Waals surface area contributed by atoms with E-state index in [2.05, 4.69) is 15.6 Å². The Morgan fingerprint density at radius 1 is 1.45 bits per heavy atom. The second-order valence-electron chi connectivity index (χ2n) is 4.84. The van der Waals surface area contributed by atoms with Crippen molar-refractivity contribution in [2.45, 2.75) is 26.8 Å². The van der Waals surface area contributed by atoms with Crippen molar-refractivity contribution in [3.05, 3.63) is 22.8 Å². The summed E-state index contributed by atoms with van der Waals surface area (Å²) in [4.78, 5) is 16.5. The van der Waals surface area contributed by atoms with E-state index >= 15 is 0 Å². The molecule has 1 atom stereocenters. The number of ether oxygens (including phenoxy) is 1. The van der Waals surface area contributed by atoms with Crippen molar-refractivity contribution in [3.8, 4) is 0 Å². The van der Waals surface area contributed by atoms with Gasteiger partial charge in [0.1, 0.15) is 11.5 Å². The SMILES string of the molecule is CCNc1ccc(Cl)c(C(=O)NC(COC)C(C)C)n1. The molecule has 20 heavy (non-hydrogen) atoms. The van der Waals surface area contributed by atoms with Crippen LogP contribution in [-0.4, -0.2) is 37.2 Å². The molecule has 5 nitrogen and oxygen atoms in total. The summed E-state index contributed by atoms with van der Waals surface area (Å²) in [5, 5.41) is 6.30. The highest BCUT2D eigenvalue weighted by Crippen LogP contribution is 2.17. The fourth-order valence-corrected chi connectivity index (χ4v) is 1.89. The van der Waals surface area contributed by atoms with Gasteiger partial charge in [-0.05, 0) is 25.0 Å². The number of methoxy groups -OCH3 is 1. The average Bonchev–Trinajstić information content (AvgIpc) is 2.40. The summed E-state index contributed by atoms with van der Waals surface area (Å²) in [5.74, 6) is 0.606. The minimum Gasteiger partial charge on any atom is -0.383 e. The fraction of sp³-hybridized carbons (Fsp3) is 0.571. The second kappa shape index (κ2) is 8.07. The van der Waals surface area contributed by atoms with Gasteiger partial charge in [-0.2, -0.15) is 0 Å². The summed E-state index contributed by atoms with van der Waals surface area (Å²) in [6.07, 6.45) is 0. The lowest BCUT2D eigenvalue weighted by Crippen LogP contribution is -2.42. The molecule has 0 bridgehead atoms. The Balaban J connectivity index is 2.87. The number of aromatic nitrogens is 1. The lowest BCUT2D eigenvalue weighted by Gasteiger charge is -2.21. The number of carbonyl (C=O) groups is 1. The van der Waals surface area contributed by atoms with Crippen molar-refractivity contribution < 1.29 is 9.53 Å². The van der Waals surface area contributed by atoms with Gasteiger partial charge in [0, 0.05) is 13.7 Å². The summed E-state index contributed by atoms with van der Waals surface area (Å²) in [7, 11) is 1.61. The summed E-state index contributed by atoms with van der Waals surface area (Å²) in [6.45, 7) is 7.19. The van der Waals surface area contributed by atoms with Gasteiger partial charge in [0.2, 0.25) is 0 Å². The van der Waals surface area contributed by atoms with Crippen molar-refractivity contribution in [1.82, 2.24) is 10.3 Å². The van der Waals surface area contributed by atoms with Crippen LogP contribution in [0.15, 0.2) is 12.1 Å². The highest BCUT2D eigenvalue weighted by Gasteiger charge is 2.20. The van der Waals surface area contributed by atoms with Crippen molar-refractivity contribution in [2.75, 3.05) is 25.6 Å². The van der Waals surface area contributed by atoms with E-state index in [1.165, 1.54) is 0 Å². The van der Waals surface area contributed by atoms with Gasteiger partial charge in [-0.15, -0.1) is 0 Å². The molecule has 0 aromatic carbocycles. The number of carbonyl (C=O) groups excluding carboxylic acids is 1. The van der Waals surface area contributed by atoms with Crippen LogP contribution in [-0.2, 0) is 4.74 Å². The first-order chi connectivity index (χ1) is 9.49. The Labute approximate surface area is 125 Å². The number of amides is 1. The van der Waals surface area contributed by atoms with Crippen LogP contribution in [0.3, 0.4) is 0 Å². The van der Waals surface area contributed by atoms with Crippen molar-refractivity contribution >= 4 is 23.3 Å². The summed E-state index contributed by atoms with van der Waals surface area (Å²) in [6, 6.07) is 3.34. The molecule has 1 rings (SSSR count). The summed E-state index contributed by atoms with van der Waals surface area (Å²) >= 11 is 6.05. The van der Waals surface area contributed by atoms with E-state index in [0.29, 0.717) is 17.4 Å². The fourth-order valence-electron chi connectivity index (χ4n) is 1.70. The predicted molar refractivity (Wildman–Crippen MR) is 81.4 cm³/mol. The molecule has 1 unspecified atom stereocenters. The van der Waals surface area contributed by atoms with E-state index in [0.717, 1.165) is 6.54 Å². The molecule has 0 aliphatic rings. The first kappa shape index (κ1) is 16.7. The van der Waals surface area contributed by atoms with Crippen molar-refractivity contribution in [3.63, 3.8) is 0 Å². The first-order valence-corrected chi connectivity index (χ1v) is 7.07. The number of anilines is 1. The maximum Gasteiger partial charge on any atom is 0.271 e. The molecule has 0 fully saturated rings. The van der Waals surface area contributed by atoms with Gasteiger partial charge < -0.3 is 15.4 Å². The Morgan fingerprint density at radius 3 is 2.70 bits per heavy atom. The van der Waals surface area contributed by atoms with Crippen LogP contribution in [0.5, 0.6) is 0 Å². The van der Waals surface area contributed by atoms with Crippen LogP contribution in [0.2, 0.25) is 5.02 Å². The third-order valence-electron chi connectivity index (χ3n) is 2.89. The van der Waals surface area contributed by atoms with Gasteiger partial charge in [-0.25, -0.2) is 4.98 Å². The van der Waals surface area contributed by atoms with E-state index in [-0.39, 0.29) is 23.6 Å². The quantitative estimate of drug-likeness (QED) is 0.812. The molecule has 0 saturated carbocycles. The molecule has 0 radical (unpaired) electrons. The number of halogens is 1. The molecule has 1 heterocycles. The minimum absolute atomic E-state index is 0.0758. The zero-order valence-corrected chi connectivity index (χ0v) is 13.1. The first-order valence-electron chi connectivity index (χ1n) is 6.69. The molecular formula is C14H22ClN3O2. The minimum atomic E-state index is -0.287. The lowest BCUT2D eigenvalue weighted by molar-refractivity contribution is 0.0862. The van der Waals surface area contributed by atoms with Gasteiger partial charge in [0.25, 0.3) is 5.91 Å². The summed E-state index contributed by atoms with van der Waals surface area (Å²) in [5.41, 5.74) is 0.229. The van der Waals surface area contributed by atoms with Crippen LogP contribution < -0.4 is 10.6 Å². The lowest BCUT2D eigenvalue weighted by atomic mass is 10.1. The van der Waals surface area contributed by atoms with Crippen molar-refractivity contribution in [1.29, 1.82) is 0 Å². The van der Waals surface area contributed by atoms with Gasteiger partial charge >= 0.3 is 0 Å². The molecule has 0 saturated heterocycles. The predicted octanol–water partition coefficient (Wildman–Crippen LogP) is 2.57. The Hall–Kier alpha value is -1.33. The topological polar surface area (TPSA) is 63.2 Å². The van der Waals surface area contributed by atoms with E-state index in [1.54, 1.807) is 19.2 Å². The van der Waals surface area contributed by atoms with Gasteiger partial charge in [-0.3, -0.25) is 4.79 Å². The number of hydrogen-bond donors (Lipinski definition) is 2. The monoisotopic (exact) mass is 299 g/mol. The van der Waals surface area contributed by atoms with Crippen LogP contribution in [0.25, 0.3) is 0 Å². The zero-order valence-electron chi connectivity index (χ0n) is 12.4. The molecule has 1 aromatic heterocycles. The normalized spacial score (nSPS) is 12.3. The molecule has 0 spiro atoms. The van der Waals surface area contributed by atoms with E-state index in [9.17, 15) is 4.79 Å². The van der Waals surface area contributed by atoms with Crippen LogP contribution in [0.4, 0.5) is 5.82 Å². The number of nitrogens with zero attached hydrogens (tertiary/aromatic N) is 1. The standard InChI is InChI=1S/C14H22ClN3O2/c1-5-16-12-7-6-10(15)13(18-12)14(19)17-11(8-20-4)9(2)3/h6-7,9,11H,5,8H2,1-4H3,(H,16,18)(H,17,19). The van der Waals surface area contributed by atoms with Crippen LogP contribution in [0.1, 0.15) is 31.3 Å². The molecular weight excluding hydrogens is 278 g/mol. The van der Waals surface area contributed by atoms with Crippen LogP contribution >= 0.6 is 11.6 Å². The highest BCUT2D eigenvalue weighted by atomic mass is 35.5. The molecule has 2 N–H and O–H groups in total. The van der Waals surface area contributed by atoms with Gasteiger partial charge in [-0.1, -0.05) is 25.4 Å². The van der Waals surface area contributed by atoms with E-state index in [1.807, 2.05) is 20.8 Å². The molecule has 1 aromatic rings. The van der Waals surface area contributed by atoms with Crippen LogP contribution in [0, 0.1) is 5.92 Å². The third kappa shape index (κ3) is 4.65. The maximum atomic E-state index is 12.3. The van der Waals surface area contributed by atoms with E-state index in [4.69, 9.17) is 16.3 Å². The largest absolute Gasteiger partial charge is 0.383 e. The average molecular weight is 300 g/mol. The molecule has 1 amide bonds. The Kier molecular flexibility index (Phi) is 6.75. The molecule has 112 valence electrons. The number of rotatable bonds is 7. The van der Waals surface area contributed by atoms with Gasteiger partial charge in [0.15, 0.2) is 0 Å². The smallest absolute Gasteiger partial charge is 0.271 e. The third-order valence-corrected chi connectivity index (χ3v) is 3.19. The number of hydrogen-bond acceptors (Lipinski definition) is 4. The molecule has 0 aliphatic heterocycles. The zero-order chi connectivity index (χ0) is 15.1. The number of pyridine rings is 1. The highest BCUT2D eigenvalue weighted by molar-refractivity contribution is 6.33. The van der Waals surface area contributed by atoms with E-state index < -0.39 is 0 Å². The maximum absolute atomic E-state index is 12.3. The Morgan fingerprint density at radius 2 is 2.15 bits per heavy atom. The molecule has 6 heteroatoms. The second-order valence-corrected chi connectivity index (χ2v) is 5.24. The van der Waals surface area contributed by atoms with Gasteiger partial charge in [0.05, 0.1) is 17.7 Å². The summed E-state index contributed by atoms with van der Waals surface area (Å²) < 4.78 is 5.11. The Bertz CT molecular complexity index is 452. The number of nitrogens with one attached hydrogen (secondary N) is 2. The van der Waals surface area contributed by atoms with Crippen molar-refractivity contribution in [2.24, 2.45) is 5.92 Å².